The van der Waals surface area contributed by atoms with E-state index in [0.717, 1.165) is 29.1 Å². The summed E-state index contributed by atoms with van der Waals surface area (Å²) in [6.07, 6.45) is -4.85. The quantitative estimate of drug-likeness (QED) is 0.737. The molecule has 1 unspecified atom stereocenters. The average molecular weight is 464 g/mol. The van der Waals surface area contributed by atoms with E-state index in [1.165, 1.54) is 20.5 Å². The largest absolute Gasteiger partial charge is 0.573 e. The Bertz CT molecular complexity index is 956. The number of ether oxygens (including phenoxy) is 1. The Morgan fingerprint density at radius 2 is 1.77 bits per heavy atom. The number of carbonyl (C=O) groups excluding carboxylic acids is 1. The fraction of sp³-hybridized carbons (Fsp3) is 0.389. The van der Waals surface area contributed by atoms with E-state index < -0.39 is 22.1 Å². The molecule has 2 amide bonds. The van der Waals surface area contributed by atoms with Crippen molar-refractivity contribution >= 4 is 27.4 Å². The minimum absolute atomic E-state index is 0.0872. The highest BCUT2D eigenvalue weighted by Crippen LogP contribution is 2.25. The highest BCUT2D eigenvalue weighted by molar-refractivity contribution is 7.89. The molecular weight excluding hydrogens is 443 g/mol. The van der Waals surface area contributed by atoms with E-state index in [0.29, 0.717) is 0 Å². The van der Waals surface area contributed by atoms with E-state index in [4.69, 9.17) is 0 Å². The van der Waals surface area contributed by atoms with Gasteiger partial charge in [0.25, 0.3) is 0 Å². The predicted molar refractivity (Wildman–Crippen MR) is 105 cm³/mol. The van der Waals surface area contributed by atoms with Crippen LogP contribution in [-0.4, -0.2) is 56.2 Å². The molecule has 0 aliphatic carbocycles. The van der Waals surface area contributed by atoms with Gasteiger partial charge in [-0.05, 0) is 42.6 Å². The highest BCUT2D eigenvalue weighted by Gasteiger charge is 2.33. The molecule has 1 aliphatic heterocycles. The molecule has 2 aromatic rings. The van der Waals surface area contributed by atoms with Crippen LogP contribution < -0.4 is 10.1 Å². The number of urea groups is 1. The second-order valence-electron chi connectivity index (χ2n) is 6.60. The highest BCUT2D eigenvalue weighted by atomic mass is 32.2. The van der Waals surface area contributed by atoms with Crippen molar-refractivity contribution in [1.29, 1.82) is 0 Å². The molecule has 1 saturated heterocycles. The van der Waals surface area contributed by atoms with Gasteiger partial charge in [-0.25, -0.2) is 13.2 Å². The first-order valence-corrected chi connectivity index (χ1v) is 11.3. The lowest BCUT2D eigenvalue weighted by atomic mass is 10.3. The number of nitrogens with one attached hydrogen (secondary N) is 1. The molecule has 1 aromatic carbocycles. The van der Waals surface area contributed by atoms with Crippen LogP contribution >= 0.6 is 11.3 Å². The van der Waals surface area contributed by atoms with Crippen LogP contribution in [0.5, 0.6) is 5.75 Å². The van der Waals surface area contributed by atoms with Gasteiger partial charge in [0.2, 0.25) is 10.0 Å². The molecule has 30 heavy (non-hydrogen) atoms. The lowest BCUT2D eigenvalue weighted by molar-refractivity contribution is -0.274. The number of halogens is 3. The number of hydrogen-bond acceptors (Lipinski definition) is 5. The number of thiophene rings is 1. The lowest BCUT2D eigenvalue weighted by Gasteiger charge is -2.34. The van der Waals surface area contributed by atoms with Crippen LogP contribution in [0.4, 0.5) is 18.0 Å². The van der Waals surface area contributed by atoms with E-state index in [9.17, 15) is 26.4 Å². The summed E-state index contributed by atoms with van der Waals surface area (Å²) >= 11 is 1.53. The van der Waals surface area contributed by atoms with E-state index in [1.807, 2.05) is 24.4 Å². The Labute approximate surface area is 176 Å². The number of amides is 2. The van der Waals surface area contributed by atoms with E-state index in [1.54, 1.807) is 0 Å². The van der Waals surface area contributed by atoms with Crippen molar-refractivity contribution in [2.45, 2.75) is 24.2 Å². The van der Waals surface area contributed by atoms with Crippen molar-refractivity contribution < 1.29 is 31.1 Å². The minimum atomic E-state index is -4.85. The first-order chi connectivity index (χ1) is 14.1. The maximum atomic E-state index is 12.7. The molecule has 0 spiro atoms. The van der Waals surface area contributed by atoms with Gasteiger partial charge in [-0.2, -0.15) is 4.31 Å². The smallest absolute Gasteiger partial charge is 0.406 e. The number of hydrogen-bond donors (Lipinski definition) is 1. The lowest BCUT2D eigenvalue weighted by Crippen LogP contribution is -2.53. The second-order valence-corrected chi connectivity index (χ2v) is 9.51. The molecule has 3 rings (SSSR count). The van der Waals surface area contributed by atoms with Gasteiger partial charge in [0.05, 0.1) is 10.9 Å². The number of nitrogens with zero attached hydrogens (tertiary/aromatic N) is 2. The molecule has 0 bridgehead atoms. The van der Waals surface area contributed by atoms with Crippen molar-refractivity contribution in [1.82, 2.24) is 14.5 Å². The van der Waals surface area contributed by atoms with Gasteiger partial charge in [-0.1, -0.05) is 6.07 Å². The maximum absolute atomic E-state index is 12.7. The summed E-state index contributed by atoms with van der Waals surface area (Å²) in [5.41, 5.74) is 0. The SMILES string of the molecule is CC(NC(=O)N1CCN(S(=O)(=O)c2ccc(OC(F)(F)F)cc2)CC1)c1cccs1. The van der Waals surface area contributed by atoms with Gasteiger partial charge < -0.3 is 15.0 Å². The Balaban J connectivity index is 1.57. The maximum Gasteiger partial charge on any atom is 0.573 e. The summed E-state index contributed by atoms with van der Waals surface area (Å²) < 4.78 is 67.2. The first kappa shape index (κ1) is 22.4. The Hall–Kier alpha value is -2.31. The molecule has 7 nitrogen and oxygen atoms in total. The monoisotopic (exact) mass is 463 g/mol. The number of rotatable bonds is 5. The van der Waals surface area contributed by atoms with Crippen LogP contribution in [0, 0.1) is 0 Å². The van der Waals surface area contributed by atoms with Crippen LogP contribution in [0.15, 0.2) is 46.7 Å². The molecule has 0 radical (unpaired) electrons. The van der Waals surface area contributed by atoms with E-state index in [-0.39, 0.29) is 43.1 Å². The zero-order valence-corrected chi connectivity index (χ0v) is 17.6. The molecule has 1 aromatic heterocycles. The summed E-state index contributed by atoms with van der Waals surface area (Å²) in [6.45, 7) is 2.46. The van der Waals surface area contributed by atoms with Gasteiger partial charge >= 0.3 is 12.4 Å². The third-order valence-corrected chi connectivity index (χ3v) is 7.50. The summed E-state index contributed by atoms with van der Waals surface area (Å²) in [7, 11) is -3.89. The fourth-order valence-electron chi connectivity index (χ4n) is 2.98. The Morgan fingerprint density at radius 3 is 2.30 bits per heavy atom. The molecule has 1 fully saturated rings. The molecule has 1 atom stereocenters. The molecule has 1 aliphatic rings. The third-order valence-electron chi connectivity index (χ3n) is 4.53. The summed E-state index contributed by atoms with van der Waals surface area (Å²) in [5, 5.41) is 4.81. The molecule has 2 heterocycles. The number of piperazine rings is 1. The Morgan fingerprint density at radius 1 is 1.13 bits per heavy atom. The van der Waals surface area contributed by atoms with Crippen LogP contribution in [0.1, 0.15) is 17.8 Å². The van der Waals surface area contributed by atoms with Crippen molar-refractivity contribution in [2.75, 3.05) is 26.2 Å². The number of sulfonamides is 1. The zero-order chi connectivity index (χ0) is 21.9. The van der Waals surface area contributed by atoms with Crippen LogP contribution in [0.2, 0.25) is 0 Å². The molecule has 12 heteroatoms. The van der Waals surface area contributed by atoms with Gasteiger partial charge in [0.15, 0.2) is 0 Å². The predicted octanol–water partition coefficient (Wildman–Crippen LogP) is 3.42. The van der Waals surface area contributed by atoms with Gasteiger partial charge in [-0.15, -0.1) is 24.5 Å². The molecular formula is C18H20F3N3O4S2. The number of alkyl halides is 3. The van der Waals surface area contributed by atoms with Crippen LogP contribution in [0.3, 0.4) is 0 Å². The van der Waals surface area contributed by atoms with Crippen molar-refractivity contribution in [3.63, 3.8) is 0 Å². The number of benzene rings is 1. The van der Waals surface area contributed by atoms with Crippen molar-refractivity contribution in [3.05, 3.63) is 46.7 Å². The average Bonchev–Trinajstić information content (AvgIpc) is 3.22. The van der Waals surface area contributed by atoms with Gasteiger partial charge in [-0.3, -0.25) is 0 Å². The normalized spacial score (nSPS) is 16.9. The summed E-state index contributed by atoms with van der Waals surface area (Å²) in [6, 6.07) is 7.43. The number of carbonyl (C=O) groups is 1. The van der Waals surface area contributed by atoms with Crippen LogP contribution in [0.25, 0.3) is 0 Å². The topological polar surface area (TPSA) is 79.0 Å². The summed E-state index contributed by atoms with van der Waals surface area (Å²) in [5.74, 6) is -0.497. The minimum Gasteiger partial charge on any atom is -0.406 e. The zero-order valence-electron chi connectivity index (χ0n) is 15.9. The second kappa shape index (κ2) is 8.82. The molecule has 1 N–H and O–H groups in total. The van der Waals surface area contributed by atoms with E-state index >= 15 is 0 Å². The molecule has 164 valence electrons. The standard InChI is InChI=1S/C18H20F3N3O4S2/c1-13(16-3-2-12-29-16)22-17(25)23-8-10-24(11-9-23)30(26,27)15-6-4-14(5-7-15)28-18(19,20)21/h2-7,12-13H,8-11H2,1H3,(H,22,25). The van der Waals surface area contributed by atoms with E-state index in [2.05, 4.69) is 10.1 Å². The van der Waals surface area contributed by atoms with Gasteiger partial charge in [0.1, 0.15) is 5.75 Å². The fourth-order valence-corrected chi connectivity index (χ4v) is 5.14. The van der Waals surface area contributed by atoms with Gasteiger partial charge in [0, 0.05) is 31.1 Å². The summed E-state index contributed by atoms with van der Waals surface area (Å²) in [4.78, 5) is 14.8. The van der Waals surface area contributed by atoms with Crippen molar-refractivity contribution in [3.8, 4) is 5.75 Å². The van der Waals surface area contributed by atoms with Crippen LogP contribution in [-0.2, 0) is 10.0 Å². The van der Waals surface area contributed by atoms with Crippen molar-refractivity contribution in [2.24, 2.45) is 0 Å². The first-order valence-electron chi connectivity index (χ1n) is 9.01. The third kappa shape index (κ3) is 5.43. The Kier molecular flexibility index (Phi) is 6.58. The molecule has 0 saturated carbocycles.